The fourth-order valence-corrected chi connectivity index (χ4v) is 3.85. The minimum atomic E-state index is 0.196. The maximum Gasteiger partial charge on any atom is 0.0590 e. The second-order valence-corrected chi connectivity index (χ2v) is 6.97. The van der Waals surface area contributed by atoms with Crippen LogP contribution in [-0.4, -0.2) is 43.3 Å². The molecule has 0 amide bonds. The zero-order valence-electron chi connectivity index (χ0n) is 14.3. The molecule has 1 saturated carbocycles. The lowest BCUT2D eigenvalue weighted by atomic mass is 9.70. The Bertz CT molecular complexity index is 270. The molecule has 0 bridgehead atoms. The van der Waals surface area contributed by atoms with Gasteiger partial charge >= 0.3 is 0 Å². The van der Waals surface area contributed by atoms with Gasteiger partial charge in [0.1, 0.15) is 0 Å². The Labute approximate surface area is 126 Å². The third-order valence-corrected chi connectivity index (χ3v) is 5.45. The predicted molar refractivity (Wildman–Crippen MR) is 86.9 cm³/mol. The van der Waals surface area contributed by atoms with Crippen LogP contribution in [-0.2, 0) is 4.74 Å². The lowest BCUT2D eigenvalue weighted by molar-refractivity contribution is -0.0164. The van der Waals surface area contributed by atoms with Gasteiger partial charge in [0.2, 0.25) is 0 Å². The Morgan fingerprint density at radius 3 is 2.55 bits per heavy atom. The Kier molecular flexibility index (Phi) is 7.49. The van der Waals surface area contributed by atoms with Crippen LogP contribution in [0.2, 0.25) is 0 Å². The first kappa shape index (κ1) is 17.9. The third kappa shape index (κ3) is 4.19. The Morgan fingerprint density at radius 2 is 2.05 bits per heavy atom. The molecule has 0 aromatic heterocycles. The zero-order chi connectivity index (χ0) is 15.2. The Balaban J connectivity index is 2.90. The van der Waals surface area contributed by atoms with Crippen molar-refractivity contribution in [2.45, 2.75) is 71.4 Å². The molecule has 3 unspecified atom stereocenters. The van der Waals surface area contributed by atoms with E-state index in [4.69, 9.17) is 10.5 Å². The van der Waals surface area contributed by atoms with E-state index in [2.05, 4.69) is 32.6 Å². The number of nitrogens with two attached hydrogens (primary N) is 1. The smallest absolute Gasteiger partial charge is 0.0590 e. The van der Waals surface area contributed by atoms with Crippen LogP contribution >= 0.6 is 0 Å². The SMILES string of the molecule is CCC(C)N(CCOC)C1(CN)CCCC(C(C)C)C1. The summed E-state index contributed by atoms with van der Waals surface area (Å²) in [4.78, 5) is 2.66. The summed E-state index contributed by atoms with van der Waals surface area (Å²) in [6.07, 6.45) is 6.38. The molecule has 20 heavy (non-hydrogen) atoms. The standard InChI is InChI=1S/C17H36N2O/c1-6-15(4)19(10-11-20-5)17(13-18)9-7-8-16(12-17)14(2)3/h14-16H,6-13,18H2,1-5H3. The fraction of sp³-hybridized carbons (Fsp3) is 1.00. The van der Waals surface area contributed by atoms with Gasteiger partial charge in [0.15, 0.2) is 0 Å². The van der Waals surface area contributed by atoms with Gasteiger partial charge < -0.3 is 10.5 Å². The Hall–Kier alpha value is -0.120. The highest BCUT2D eigenvalue weighted by Gasteiger charge is 2.42. The third-order valence-electron chi connectivity index (χ3n) is 5.45. The van der Waals surface area contributed by atoms with Crippen LogP contribution in [0.3, 0.4) is 0 Å². The van der Waals surface area contributed by atoms with Crippen molar-refractivity contribution in [1.82, 2.24) is 4.90 Å². The zero-order valence-corrected chi connectivity index (χ0v) is 14.3. The topological polar surface area (TPSA) is 38.5 Å². The monoisotopic (exact) mass is 284 g/mol. The lowest BCUT2D eigenvalue weighted by Crippen LogP contribution is -2.60. The van der Waals surface area contributed by atoms with E-state index in [1.165, 1.54) is 32.1 Å². The van der Waals surface area contributed by atoms with Crippen molar-refractivity contribution < 1.29 is 4.74 Å². The quantitative estimate of drug-likeness (QED) is 0.743. The van der Waals surface area contributed by atoms with Crippen molar-refractivity contribution >= 4 is 0 Å². The molecule has 0 aliphatic heterocycles. The summed E-state index contributed by atoms with van der Waals surface area (Å²) in [6, 6.07) is 0.583. The van der Waals surface area contributed by atoms with E-state index in [1.807, 2.05) is 0 Å². The summed E-state index contributed by atoms with van der Waals surface area (Å²) in [5.41, 5.74) is 6.48. The predicted octanol–water partition coefficient (Wildman–Crippen LogP) is 3.28. The Morgan fingerprint density at radius 1 is 1.35 bits per heavy atom. The van der Waals surface area contributed by atoms with Crippen LogP contribution in [0.5, 0.6) is 0 Å². The number of nitrogens with zero attached hydrogens (tertiary/aromatic N) is 1. The van der Waals surface area contributed by atoms with Gasteiger partial charge in [-0.25, -0.2) is 0 Å². The number of hydrogen-bond acceptors (Lipinski definition) is 3. The summed E-state index contributed by atoms with van der Waals surface area (Å²) < 4.78 is 5.34. The molecule has 120 valence electrons. The highest BCUT2D eigenvalue weighted by atomic mass is 16.5. The van der Waals surface area contributed by atoms with Gasteiger partial charge in [0.05, 0.1) is 6.61 Å². The van der Waals surface area contributed by atoms with Crippen LogP contribution in [0.1, 0.15) is 59.8 Å². The normalized spacial score (nSPS) is 29.1. The van der Waals surface area contributed by atoms with Gasteiger partial charge in [0.25, 0.3) is 0 Å². The average molecular weight is 284 g/mol. The number of hydrogen-bond donors (Lipinski definition) is 1. The minimum Gasteiger partial charge on any atom is -0.383 e. The first-order valence-electron chi connectivity index (χ1n) is 8.46. The molecule has 0 spiro atoms. The largest absolute Gasteiger partial charge is 0.383 e. The van der Waals surface area contributed by atoms with E-state index in [0.29, 0.717) is 6.04 Å². The molecule has 2 N–H and O–H groups in total. The van der Waals surface area contributed by atoms with Crippen molar-refractivity contribution in [2.24, 2.45) is 17.6 Å². The van der Waals surface area contributed by atoms with Crippen molar-refractivity contribution in [3.8, 4) is 0 Å². The summed E-state index contributed by atoms with van der Waals surface area (Å²) in [5.74, 6) is 1.59. The van der Waals surface area contributed by atoms with E-state index in [1.54, 1.807) is 7.11 Å². The van der Waals surface area contributed by atoms with Crippen molar-refractivity contribution in [3.63, 3.8) is 0 Å². The first-order valence-corrected chi connectivity index (χ1v) is 8.46. The molecule has 1 fully saturated rings. The maximum absolute atomic E-state index is 6.28. The molecule has 0 radical (unpaired) electrons. The summed E-state index contributed by atoms with van der Waals surface area (Å²) in [6.45, 7) is 11.9. The first-order chi connectivity index (χ1) is 9.50. The molecule has 0 aromatic carbocycles. The van der Waals surface area contributed by atoms with Gasteiger partial charge in [-0.15, -0.1) is 0 Å². The molecular formula is C17H36N2O. The number of ether oxygens (including phenoxy) is 1. The summed E-state index contributed by atoms with van der Waals surface area (Å²) in [5, 5.41) is 0. The van der Waals surface area contributed by atoms with Crippen LogP contribution in [0.15, 0.2) is 0 Å². The van der Waals surface area contributed by atoms with Gasteiger partial charge in [0, 0.05) is 31.8 Å². The van der Waals surface area contributed by atoms with E-state index < -0.39 is 0 Å². The van der Waals surface area contributed by atoms with E-state index >= 15 is 0 Å². The fourth-order valence-electron chi connectivity index (χ4n) is 3.85. The van der Waals surface area contributed by atoms with Gasteiger partial charge in [-0.1, -0.05) is 33.6 Å². The van der Waals surface area contributed by atoms with Crippen molar-refractivity contribution in [1.29, 1.82) is 0 Å². The molecule has 0 saturated heterocycles. The van der Waals surface area contributed by atoms with E-state index in [-0.39, 0.29) is 5.54 Å². The molecule has 3 atom stereocenters. The second kappa shape index (κ2) is 8.35. The van der Waals surface area contributed by atoms with Crippen LogP contribution < -0.4 is 5.73 Å². The molecule has 1 aliphatic rings. The molecule has 0 heterocycles. The molecule has 1 rings (SSSR count). The van der Waals surface area contributed by atoms with Gasteiger partial charge in [-0.3, -0.25) is 4.90 Å². The lowest BCUT2D eigenvalue weighted by Gasteiger charge is -2.51. The molecule has 1 aliphatic carbocycles. The average Bonchev–Trinajstić information content (AvgIpc) is 2.47. The van der Waals surface area contributed by atoms with Crippen molar-refractivity contribution in [2.75, 3.05) is 26.8 Å². The van der Waals surface area contributed by atoms with Crippen LogP contribution in [0, 0.1) is 11.8 Å². The number of rotatable bonds is 8. The summed E-state index contributed by atoms with van der Waals surface area (Å²) in [7, 11) is 1.79. The maximum atomic E-state index is 6.28. The van der Waals surface area contributed by atoms with Crippen molar-refractivity contribution in [3.05, 3.63) is 0 Å². The van der Waals surface area contributed by atoms with E-state index in [9.17, 15) is 0 Å². The molecular weight excluding hydrogens is 248 g/mol. The van der Waals surface area contributed by atoms with Crippen LogP contribution in [0.4, 0.5) is 0 Å². The van der Waals surface area contributed by atoms with Gasteiger partial charge in [-0.2, -0.15) is 0 Å². The minimum absolute atomic E-state index is 0.196. The number of methoxy groups -OCH3 is 1. The van der Waals surface area contributed by atoms with Crippen LogP contribution in [0.25, 0.3) is 0 Å². The molecule has 3 heteroatoms. The molecule has 3 nitrogen and oxygen atoms in total. The highest BCUT2D eigenvalue weighted by molar-refractivity contribution is 4.98. The van der Waals surface area contributed by atoms with Gasteiger partial charge in [-0.05, 0) is 38.0 Å². The summed E-state index contributed by atoms with van der Waals surface area (Å²) >= 11 is 0. The van der Waals surface area contributed by atoms with E-state index in [0.717, 1.165) is 31.5 Å². The highest BCUT2D eigenvalue weighted by Crippen LogP contribution is 2.40. The second-order valence-electron chi connectivity index (χ2n) is 6.97. The molecule has 0 aromatic rings.